The summed E-state index contributed by atoms with van der Waals surface area (Å²) in [4.78, 5) is 4.13. The maximum atomic E-state index is 9.16. The molecule has 2 fully saturated rings. The Morgan fingerprint density at radius 1 is 1.43 bits per heavy atom. The first kappa shape index (κ1) is 8.72. The first-order valence-electron chi connectivity index (χ1n) is 5.44. The maximum Gasteiger partial charge on any atom is 0.222 e. The van der Waals surface area contributed by atoms with E-state index in [4.69, 9.17) is 5.11 Å². The van der Waals surface area contributed by atoms with Gasteiger partial charge in [-0.25, -0.2) is 4.98 Å². The van der Waals surface area contributed by atoms with E-state index in [-0.39, 0.29) is 5.88 Å². The van der Waals surface area contributed by atoms with E-state index in [2.05, 4.69) is 4.98 Å². The molecule has 2 bridgehead atoms. The Morgan fingerprint density at radius 3 is 2.93 bits per heavy atom. The first-order valence-corrected chi connectivity index (χ1v) is 6.32. The first-order chi connectivity index (χ1) is 6.81. The van der Waals surface area contributed by atoms with Crippen LogP contribution in [0, 0.1) is 17.8 Å². The quantitative estimate of drug-likeness (QED) is 0.812. The van der Waals surface area contributed by atoms with Crippen LogP contribution in [0.3, 0.4) is 0 Å². The van der Waals surface area contributed by atoms with Crippen LogP contribution in [0.2, 0.25) is 0 Å². The monoisotopic (exact) mass is 209 g/mol. The third-order valence-electron chi connectivity index (χ3n) is 3.86. The Labute approximate surface area is 88.0 Å². The summed E-state index contributed by atoms with van der Waals surface area (Å²) in [6.45, 7) is 0. The molecule has 1 aromatic rings. The summed E-state index contributed by atoms with van der Waals surface area (Å²) in [5, 5.41) is 12.0. The van der Waals surface area contributed by atoms with Crippen molar-refractivity contribution in [2.24, 2.45) is 17.8 Å². The third-order valence-corrected chi connectivity index (χ3v) is 4.72. The highest BCUT2D eigenvalue weighted by atomic mass is 32.1. The minimum absolute atomic E-state index is 0.202. The molecule has 76 valence electrons. The predicted molar refractivity (Wildman–Crippen MR) is 56.4 cm³/mol. The average molecular weight is 209 g/mol. The van der Waals surface area contributed by atoms with Gasteiger partial charge in [0.15, 0.2) is 0 Å². The molecule has 3 atom stereocenters. The minimum atomic E-state index is 0.202. The highest BCUT2D eigenvalue weighted by Gasteiger charge is 2.39. The minimum Gasteiger partial charge on any atom is -0.493 e. The van der Waals surface area contributed by atoms with Crippen molar-refractivity contribution in [2.75, 3.05) is 0 Å². The molecule has 2 saturated carbocycles. The van der Waals surface area contributed by atoms with Crippen molar-refractivity contribution in [3.8, 4) is 5.88 Å². The van der Waals surface area contributed by atoms with Crippen molar-refractivity contribution in [1.29, 1.82) is 0 Å². The van der Waals surface area contributed by atoms with Crippen molar-refractivity contribution >= 4 is 11.3 Å². The lowest BCUT2D eigenvalue weighted by Gasteiger charge is -2.20. The number of thiazole rings is 1. The van der Waals surface area contributed by atoms with Crippen LogP contribution in [-0.2, 0) is 6.42 Å². The van der Waals surface area contributed by atoms with Gasteiger partial charge in [-0.15, -0.1) is 11.3 Å². The second-order valence-electron chi connectivity index (χ2n) is 4.74. The molecule has 2 aliphatic carbocycles. The van der Waals surface area contributed by atoms with E-state index in [0.717, 1.165) is 29.2 Å². The van der Waals surface area contributed by atoms with Crippen molar-refractivity contribution < 1.29 is 5.11 Å². The summed E-state index contributed by atoms with van der Waals surface area (Å²) in [6.07, 6.45) is 6.87. The normalized spacial score (nSPS) is 35.3. The van der Waals surface area contributed by atoms with Gasteiger partial charge in [0.2, 0.25) is 5.88 Å². The van der Waals surface area contributed by atoms with Crippen LogP contribution < -0.4 is 0 Å². The van der Waals surface area contributed by atoms with E-state index in [9.17, 15) is 0 Å². The molecule has 3 unspecified atom stereocenters. The molecule has 0 radical (unpaired) electrons. The number of aromatic nitrogens is 1. The number of aromatic hydroxyl groups is 1. The van der Waals surface area contributed by atoms with Gasteiger partial charge in [-0.1, -0.05) is 6.42 Å². The number of fused-ring (bicyclic) bond motifs is 2. The standard InChI is InChI=1S/C11H15NOS/c13-10-6-14-11(12-10)5-9-4-7-1-2-8(9)3-7/h6-9,13H,1-5H2. The Bertz CT molecular complexity index is 336. The molecule has 14 heavy (non-hydrogen) atoms. The molecule has 1 aromatic heterocycles. The van der Waals surface area contributed by atoms with Gasteiger partial charge >= 0.3 is 0 Å². The number of nitrogens with zero attached hydrogens (tertiary/aromatic N) is 1. The van der Waals surface area contributed by atoms with Crippen LogP contribution in [0.15, 0.2) is 5.38 Å². The van der Waals surface area contributed by atoms with Gasteiger partial charge in [0.05, 0.1) is 10.4 Å². The van der Waals surface area contributed by atoms with Crippen LogP contribution in [0.5, 0.6) is 5.88 Å². The molecule has 1 N–H and O–H groups in total. The smallest absolute Gasteiger partial charge is 0.222 e. The van der Waals surface area contributed by atoms with E-state index in [1.807, 2.05) is 0 Å². The Hall–Kier alpha value is -0.570. The Kier molecular flexibility index (Phi) is 2.01. The molecule has 3 rings (SSSR count). The van der Waals surface area contributed by atoms with E-state index >= 15 is 0 Å². The summed E-state index contributed by atoms with van der Waals surface area (Å²) in [5.74, 6) is 3.04. The maximum absolute atomic E-state index is 9.16. The third kappa shape index (κ3) is 1.44. The van der Waals surface area contributed by atoms with Gasteiger partial charge < -0.3 is 5.11 Å². The SMILES string of the molecule is Oc1csc(CC2CC3CCC2C3)n1. The lowest BCUT2D eigenvalue weighted by Crippen LogP contribution is -2.12. The summed E-state index contributed by atoms with van der Waals surface area (Å²) in [7, 11) is 0. The van der Waals surface area contributed by atoms with E-state index in [1.165, 1.54) is 25.7 Å². The summed E-state index contributed by atoms with van der Waals surface area (Å²) in [6, 6.07) is 0. The topological polar surface area (TPSA) is 33.1 Å². The van der Waals surface area contributed by atoms with Gasteiger partial charge in [-0.2, -0.15) is 0 Å². The largest absolute Gasteiger partial charge is 0.493 e. The predicted octanol–water partition coefficient (Wildman–Crippen LogP) is 2.83. The number of rotatable bonds is 2. The molecule has 0 amide bonds. The highest BCUT2D eigenvalue weighted by Crippen LogP contribution is 2.49. The Morgan fingerprint density at radius 2 is 2.36 bits per heavy atom. The number of hydrogen-bond acceptors (Lipinski definition) is 3. The molecular formula is C11H15NOS. The van der Waals surface area contributed by atoms with Crippen LogP contribution in [-0.4, -0.2) is 10.1 Å². The van der Waals surface area contributed by atoms with E-state index < -0.39 is 0 Å². The van der Waals surface area contributed by atoms with Crippen LogP contribution in [0.4, 0.5) is 0 Å². The average Bonchev–Trinajstić information content (AvgIpc) is 2.82. The van der Waals surface area contributed by atoms with Gasteiger partial charge in [-0.05, 0) is 37.0 Å². The highest BCUT2D eigenvalue weighted by molar-refractivity contribution is 7.09. The van der Waals surface area contributed by atoms with Gasteiger partial charge in [0.25, 0.3) is 0 Å². The zero-order valence-electron chi connectivity index (χ0n) is 8.15. The van der Waals surface area contributed by atoms with Crippen molar-refractivity contribution in [2.45, 2.75) is 32.1 Å². The fraction of sp³-hybridized carbons (Fsp3) is 0.727. The van der Waals surface area contributed by atoms with Crippen molar-refractivity contribution in [1.82, 2.24) is 4.98 Å². The fourth-order valence-electron chi connectivity index (χ4n) is 3.25. The summed E-state index contributed by atoms with van der Waals surface area (Å²) in [5.41, 5.74) is 0. The summed E-state index contributed by atoms with van der Waals surface area (Å²) < 4.78 is 0. The van der Waals surface area contributed by atoms with E-state index in [1.54, 1.807) is 16.7 Å². The molecule has 2 aliphatic rings. The zero-order chi connectivity index (χ0) is 9.54. The second-order valence-corrected chi connectivity index (χ2v) is 5.68. The fourth-order valence-corrected chi connectivity index (χ4v) is 4.00. The molecular weight excluding hydrogens is 194 g/mol. The lowest BCUT2D eigenvalue weighted by molar-refractivity contribution is 0.330. The molecule has 0 spiro atoms. The molecule has 3 heteroatoms. The molecule has 0 saturated heterocycles. The van der Waals surface area contributed by atoms with Crippen LogP contribution >= 0.6 is 11.3 Å². The van der Waals surface area contributed by atoms with Gasteiger partial charge in [0.1, 0.15) is 0 Å². The van der Waals surface area contributed by atoms with Gasteiger partial charge in [-0.3, -0.25) is 0 Å². The van der Waals surface area contributed by atoms with Crippen molar-refractivity contribution in [3.63, 3.8) is 0 Å². The molecule has 1 heterocycles. The van der Waals surface area contributed by atoms with E-state index in [0.29, 0.717) is 0 Å². The molecule has 0 aromatic carbocycles. The Balaban J connectivity index is 1.68. The zero-order valence-corrected chi connectivity index (χ0v) is 8.96. The molecule has 0 aliphatic heterocycles. The lowest BCUT2D eigenvalue weighted by atomic mass is 9.87. The van der Waals surface area contributed by atoms with Gasteiger partial charge in [0, 0.05) is 6.42 Å². The summed E-state index contributed by atoms with van der Waals surface area (Å²) >= 11 is 1.60. The second kappa shape index (κ2) is 3.23. The van der Waals surface area contributed by atoms with Crippen LogP contribution in [0.25, 0.3) is 0 Å². The van der Waals surface area contributed by atoms with Crippen LogP contribution in [0.1, 0.15) is 30.7 Å². The van der Waals surface area contributed by atoms with Crippen molar-refractivity contribution in [3.05, 3.63) is 10.4 Å². The number of hydrogen-bond donors (Lipinski definition) is 1. The molecule has 2 nitrogen and oxygen atoms in total.